The van der Waals surface area contributed by atoms with Crippen LogP contribution >= 0.6 is 0 Å². The third-order valence-corrected chi connectivity index (χ3v) is 5.79. The Morgan fingerprint density at radius 3 is 2.61 bits per heavy atom. The molecule has 1 aliphatic rings. The molecule has 3 rings (SSSR count). The summed E-state index contributed by atoms with van der Waals surface area (Å²) in [7, 11) is 0. The van der Waals surface area contributed by atoms with Crippen LogP contribution in [0.5, 0.6) is 0 Å². The normalized spacial score (nSPS) is 17.2. The van der Waals surface area contributed by atoms with Crippen molar-refractivity contribution in [1.29, 1.82) is 0 Å². The number of hydrogen-bond donors (Lipinski definition) is 2. The van der Waals surface area contributed by atoms with Crippen LogP contribution in [0.15, 0.2) is 33.7 Å². The van der Waals surface area contributed by atoms with Gasteiger partial charge in [0.25, 0.3) is 5.89 Å². The van der Waals surface area contributed by atoms with Gasteiger partial charge in [-0.3, -0.25) is 14.6 Å². The molecule has 0 bridgehead atoms. The number of halogens is 3. The van der Waals surface area contributed by atoms with Crippen molar-refractivity contribution in [2.24, 2.45) is 10.9 Å². The van der Waals surface area contributed by atoms with Crippen LogP contribution in [0.3, 0.4) is 0 Å². The largest absolute Gasteiger partial charge is 0.434 e. The Hall–Kier alpha value is -2.91. The number of nitrogens with zero attached hydrogens (tertiary/aromatic N) is 2. The summed E-state index contributed by atoms with van der Waals surface area (Å²) in [5.74, 6) is -0.725. The van der Waals surface area contributed by atoms with Gasteiger partial charge in [0.05, 0.1) is 12.4 Å². The average molecular weight is 467 g/mol. The second kappa shape index (κ2) is 11.3. The fraction of sp³-hybridized carbons (Fsp3) is 0.565. The molecule has 33 heavy (non-hydrogen) atoms. The highest BCUT2D eigenvalue weighted by molar-refractivity contribution is 6.00. The van der Waals surface area contributed by atoms with Crippen LogP contribution in [0.4, 0.5) is 13.2 Å². The molecule has 180 valence electrons. The first-order valence-electron chi connectivity index (χ1n) is 11.3. The van der Waals surface area contributed by atoms with Crippen LogP contribution in [0.25, 0.3) is 11.1 Å². The van der Waals surface area contributed by atoms with Crippen molar-refractivity contribution in [2.75, 3.05) is 6.54 Å². The number of fused-ring (bicyclic) bond motifs is 1. The predicted octanol–water partition coefficient (Wildman–Crippen LogP) is 4.42. The van der Waals surface area contributed by atoms with Crippen molar-refractivity contribution in [1.82, 2.24) is 15.6 Å². The molecule has 2 N–H and O–H groups in total. The maximum Gasteiger partial charge on any atom is 0.408 e. The van der Waals surface area contributed by atoms with Gasteiger partial charge < -0.3 is 15.1 Å². The molecule has 1 aromatic heterocycles. The Morgan fingerprint density at radius 2 is 1.94 bits per heavy atom. The first kappa shape index (κ1) is 24.7. The molecule has 2 aromatic rings. The molecule has 0 saturated heterocycles. The summed E-state index contributed by atoms with van der Waals surface area (Å²) in [6, 6.07) is 5.30. The van der Waals surface area contributed by atoms with E-state index in [4.69, 9.17) is 4.42 Å². The Morgan fingerprint density at radius 1 is 1.21 bits per heavy atom. The van der Waals surface area contributed by atoms with Gasteiger partial charge in [0.15, 0.2) is 5.58 Å². The first-order valence-corrected chi connectivity index (χ1v) is 11.3. The molecule has 7 nitrogen and oxygen atoms in total. The van der Waals surface area contributed by atoms with Gasteiger partial charge in [-0.25, -0.2) is 4.98 Å². The van der Waals surface area contributed by atoms with E-state index in [2.05, 4.69) is 20.6 Å². The minimum absolute atomic E-state index is 0.0909. The molecule has 1 saturated carbocycles. The van der Waals surface area contributed by atoms with E-state index in [1.807, 2.05) is 0 Å². The highest BCUT2D eigenvalue weighted by Gasteiger charge is 2.30. The lowest BCUT2D eigenvalue weighted by Crippen LogP contribution is -2.50. The molecule has 1 fully saturated rings. The van der Waals surface area contributed by atoms with Gasteiger partial charge >= 0.3 is 6.18 Å². The van der Waals surface area contributed by atoms with E-state index in [1.165, 1.54) is 0 Å². The smallest absolute Gasteiger partial charge is 0.408 e. The third kappa shape index (κ3) is 7.30. The topological polar surface area (TPSA) is 96.6 Å². The molecule has 1 aromatic carbocycles. The number of alkyl halides is 3. The molecule has 0 radical (unpaired) electrons. The minimum Gasteiger partial charge on any atom is -0.434 e. The number of benzene rings is 1. The first-order chi connectivity index (χ1) is 15.8. The Labute approximate surface area is 190 Å². The lowest BCUT2D eigenvalue weighted by Gasteiger charge is -2.27. The second-order valence-electron chi connectivity index (χ2n) is 8.36. The number of hydrogen-bond acceptors (Lipinski definition) is 5. The van der Waals surface area contributed by atoms with E-state index in [0.717, 1.165) is 38.4 Å². The third-order valence-electron chi connectivity index (χ3n) is 5.79. The van der Waals surface area contributed by atoms with Crippen LogP contribution in [0.1, 0.15) is 62.6 Å². The average Bonchev–Trinajstić information content (AvgIpc) is 3.23. The van der Waals surface area contributed by atoms with E-state index >= 15 is 0 Å². The number of oxazole rings is 1. The zero-order valence-corrected chi connectivity index (χ0v) is 18.5. The van der Waals surface area contributed by atoms with Crippen molar-refractivity contribution in [2.45, 2.75) is 70.1 Å². The van der Waals surface area contributed by atoms with E-state index in [9.17, 15) is 22.8 Å². The van der Waals surface area contributed by atoms with E-state index in [0.29, 0.717) is 23.9 Å². The van der Waals surface area contributed by atoms with Crippen LogP contribution in [0, 0.1) is 5.92 Å². The van der Waals surface area contributed by atoms with Crippen LogP contribution in [0.2, 0.25) is 0 Å². The van der Waals surface area contributed by atoms with Crippen molar-refractivity contribution >= 4 is 29.1 Å². The fourth-order valence-electron chi connectivity index (χ4n) is 4.05. The number of carbonyl (C=O) groups excluding carboxylic acids is 2. The predicted molar refractivity (Wildman–Crippen MR) is 118 cm³/mol. The summed E-state index contributed by atoms with van der Waals surface area (Å²) < 4.78 is 42.7. The standard InChI is InChI=1S/C23H29F3N4O3/c1-2-16(20(31)22-30-17-10-6-7-11-19(17)33-22)29-21(32)18(12-15-8-4-3-5-9-15)28-14-27-13-23(24,25)26/h6-7,10-11,14-16,18H,2-5,8-9,12-13H2,1H3,(H,27,28)(H,29,32)/t16?,18-/m0/s1. The highest BCUT2D eigenvalue weighted by atomic mass is 19.4. The van der Waals surface area contributed by atoms with E-state index < -0.39 is 36.5 Å². The number of carbonyl (C=O) groups is 2. The van der Waals surface area contributed by atoms with Crippen LogP contribution < -0.4 is 10.6 Å². The summed E-state index contributed by atoms with van der Waals surface area (Å²) in [5.41, 5.74) is 1.01. The number of para-hydroxylation sites is 2. The van der Waals surface area contributed by atoms with Gasteiger partial charge in [-0.05, 0) is 30.9 Å². The monoisotopic (exact) mass is 466 g/mol. The molecular weight excluding hydrogens is 437 g/mol. The maximum absolute atomic E-state index is 13.0. The van der Waals surface area contributed by atoms with Gasteiger partial charge in [0.1, 0.15) is 18.1 Å². The number of ketones is 1. The SMILES string of the molecule is CCC(NC(=O)[C@H](CC1CCCCC1)NC=NCC(F)(F)F)C(=O)c1nc2ccccc2o1. The summed E-state index contributed by atoms with van der Waals surface area (Å²) in [4.78, 5) is 33.5. The zero-order chi connectivity index (χ0) is 23.8. The molecule has 1 unspecified atom stereocenters. The number of aromatic nitrogens is 1. The molecule has 1 amide bonds. The van der Waals surface area contributed by atoms with Crippen LogP contribution in [-0.4, -0.2) is 47.8 Å². The molecule has 1 heterocycles. The Bertz CT molecular complexity index is 934. The summed E-state index contributed by atoms with van der Waals surface area (Å²) in [6.07, 6.45) is 2.48. The molecule has 0 aliphatic heterocycles. The van der Waals surface area contributed by atoms with E-state index in [-0.39, 0.29) is 11.8 Å². The Balaban J connectivity index is 1.68. The number of rotatable bonds is 10. The molecular formula is C23H29F3N4O3. The van der Waals surface area contributed by atoms with E-state index in [1.54, 1.807) is 31.2 Å². The van der Waals surface area contributed by atoms with Gasteiger partial charge in [-0.15, -0.1) is 0 Å². The summed E-state index contributed by atoms with van der Waals surface area (Å²) >= 11 is 0. The number of nitrogens with one attached hydrogen (secondary N) is 2. The van der Waals surface area contributed by atoms with Crippen molar-refractivity contribution in [3.8, 4) is 0 Å². The minimum atomic E-state index is -4.42. The van der Waals surface area contributed by atoms with Crippen molar-refractivity contribution in [3.63, 3.8) is 0 Å². The summed E-state index contributed by atoms with van der Waals surface area (Å²) in [5, 5.41) is 5.44. The zero-order valence-electron chi connectivity index (χ0n) is 18.5. The number of amides is 1. The number of Topliss-reactive ketones (excluding diaryl/α,β-unsaturated/α-hetero) is 1. The quantitative estimate of drug-likeness (QED) is 0.307. The maximum atomic E-state index is 13.0. The van der Waals surface area contributed by atoms with Crippen molar-refractivity contribution < 1.29 is 27.2 Å². The fourth-order valence-corrected chi connectivity index (χ4v) is 4.05. The number of aliphatic imine (C=N–C) groups is 1. The van der Waals surface area contributed by atoms with Crippen LogP contribution in [-0.2, 0) is 4.79 Å². The highest BCUT2D eigenvalue weighted by Crippen LogP contribution is 2.27. The van der Waals surface area contributed by atoms with Gasteiger partial charge in [0.2, 0.25) is 11.7 Å². The lowest BCUT2D eigenvalue weighted by atomic mass is 9.84. The van der Waals surface area contributed by atoms with Gasteiger partial charge in [-0.1, -0.05) is 51.2 Å². The summed E-state index contributed by atoms with van der Waals surface area (Å²) in [6.45, 7) is 0.422. The van der Waals surface area contributed by atoms with Crippen molar-refractivity contribution in [3.05, 3.63) is 30.2 Å². The Kier molecular flexibility index (Phi) is 8.46. The molecule has 1 aliphatic carbocycles. The molecule has 2 atom stereocenters. The van der Waals surface area contributed by atoms with Gasteiger partial charge in [-0.2, -0.15) is 13.2 Å². The second-order valence-corrected chi connectivity index (χ2v) is 8.36. The molecule has 10 heteroatoms. The molecule has 0 spiro atoms. The van der Waals surface area contributed by atoms with Gasteiger partial charge in [0, 0.05) is 0 Å². The lowest BCUT2D eigenvalue weighted by molar-refractivity contribution is -0.123.